The molecule has 0 radical (unpaired) electrons. The van der Waals surface area contributed by atoms with Gasteiger partial charge in [-0.15, -0.1) is 0 Å². The summed E-state index contributed by atoms with van der Waals surface area (Å²) in [6, 6.07) is 1.20. The van der Waals surface area contributed by atoms with Crippen LogP contribution in [0, 0.1) is 10.1 Å². The molecule has 0 aromatic carbocycles. The second kappa shape index (κ2) is 5.44. The molecule has 0 unspecified atom stereocenters. The standard InChI is InChI=1S/C11H16N4O3/c1-4-14(7(2)3)11(16)8-5-10(12)13-6-9(8)15(17)18/h5-7H,4H2,1-3H3,(H2,12,13). The average molecular weight is 252 g/mol. The molecule has 0 saturated carbocycles. The quantitative estimate of drug-likeness (QED) is 0.645. The number of nitrogens with zero attached hydrogens (tertiary/aromatic N) is 3. The Hall–Kier alpha value is -2.18. The van der Waals surface area contributed by atoms with Crippen LogP contribution in [0.1, 0.15) is 31.1 Å². The van der Waals surface area contributed by atoms with Gasteiger partial charge in [-0.2, -0.15) is 0 Å². The van der Waals surface area contributed by atoms with E-state index in [2.05, 4.69) is 4.98 Å². The molecule has 2 N–H and O–H groups in total. The topological polar surface area (TPSA) is 102 Å². The van der Waals surface area contributed by atoms with Crippen molar-refractivity contribution in [2.75, 3.05) is 12.3 Å². The molecule has 0 aliphatic carbocycles. The maximum absolute atomic E-state index is 12.2. The Labute approximate surface area is 105 Å². The molecule has 1 heterocycles. The largest absolute Gasteiger partial charge is 0.384 e. The lowest BCUT2D eigenvalue weighted by Gasteiger charge is -2.25. The van der Waals surface area contributed by atoms with Crippen LogP contribution in [-0.4, -0.2) is 33.3 Å². The number of nitro groups is 1. The van der Waals surface area contributed by atoms with E-state index in [4.69, 9.17) is 5.73 Å². The summed E-state index contributed by atoms with van der Waals surface area (Å²) in [7, 11) is 0. The van der Waals surface area contributed by atoms with Crippen LogP contribution >= 0.6 is 0 Å². The minimum absolute atomic E-state index is 0.0250. The van der Waals surface area contributed by atoms with Crippen LogP contribution in [0.2, 0.25) is 0 Å². The number of nitrogen functional groups attached to an aromatic ring is 1. The molecule has 1 rings (SSSR count). The van der Waals surface area contributed by atoms with Gasteiger partial charge < -0.3 is 10.6 Å². The van der Waals surface area contributed by atoms with Gasteiger partial charge in [0.25, 0.3) is 11.6 Å². The van der Waals surface area contributed by atoms with Crippen LogP contribution < -0.4 is 5.73 Å². The predicted octanol–water partition coefficient (Wildman–Crippen LogP) is 1.44. The minimum atomic E-state index is -0.631. The Morgan fingerprint density at radius 1 is 1.61 bits per heavy atom. The lowest BCUT2D eigenvalue weighted by molar-refractivity contribution is -0.385. The van der Waals surface area contributed by atoms with Crippen LogP contribution in [0.5, 0.6) is 0 Å². The molecule has 0 saturated heterocycles. The van der Waals surface area contributed by atoms with Crippen molar-refractivity contribution in [3.8, 4) is 0 Å². The normalized spacial score (nSPS) is 10.4. The summed E-state index contributed by atoms with van der Waals surface area (Å²) in [6.07, 6.45) is 1.01. The number of pyridine rings is 1. The van der Waals surface area contributed by atoms with Crippen LogP contribution in [0.15, 0.2) is 12.3 Å². The Bertz CT molecular complexity index is 473. The monoisotopic (exact) mass is 252 g/mol. The van der Waals surface area contributed by atoms with Crippen molar-refractivity contribution in [3.63, 3.8) is 0 Å². The van der Waals surface area contributed by atoms with E-state index in [1.54, 1.807) is 0 Å². The van der Waals surface area contributed by atoms with E-state index in [-0.39, 0.29) is 23.1 Å². The molecule has 98 valence electrons. The second-order valence-electron chi connectivity index (χ2n) is 4.07. The minimum Gasteiger partial charge on any atom is -0.384 e. The van der Waals surface area contributed by atoms with Gasteiger partial charge >= 0.3 is 0 Å². The van der Waals surface area contributed by atoms with E-state index >= 15 is 0 Å². The van der Waals surface area contributed by atoms with Crippen molar-refractivity contribution >= 4 is 17.4 Å². The van der Waals surface area contributed by atoms with E-state index in [0.717, 1.165) is 6.20 Å². The number of rotatable bonds is 4. The fraction of sp³-hybridized carbons (Fsp3) is 0.455. The molecular formula is C11H16N4O3. The lowest BCUT2D eigenvalue weighted by Crippen LogP contribution is -2.37. The summed E-state index contributed by atoms with van der Waals surface area (Å²) in [6.45, 7) is 5.97. The number of carbonyl (C=O) groups is 1. The third-order valence-electron chi connectivity index (χ3n) is 2.56. The molecular weight excluding hydrogens is 236 g/mol. The zero-order valence-corrected chi connectivity index (χ0v) is 10.6. The summed E-state index contributed by atoms with van der Waals surface area (Å²) >= 11 is 0. The average Bonchev–Trinajstić information content (AvgIpc) is 2.28. The first kappa shape index (κ1) is 13.9. The van der Waals surface area contributed by atoms with Crippen molar-refractivity contribution in [2.24, 2.45) is 0 Å². The number of amides is 1. The first-order valence-corrected chi connectivity index (χ1v) is 5.59. The van der Waals surface area contributed by atoms with Crippen molar-refractivity contribution in [1.82, 2.24) is 9.88 Å². The highest BCUT2D eigenvalue weighted by atomic mass is 16.6. The van der Waals surface area contributed by atoms with Gasteiger partial charge in [0.15, 0.2) is 0 Å². The highest BCUT2D eigenvalue weighted by Gasteiger charge is 2.26. The van der Waals surface area contributed by atoms with Crippen molar-refractivity contribution in [3.05, 3.63) is 27.9 Å². The molecule has 7 nitrogen and oxygen atoms in total. The molecule has 0 aliphatic heterocycles. The van der Waals surface area contributed by atoms with Gasteiger partial charge in [-0.3, -0.25) is 14.9 Å². The molecule has 0 aliphatic rings. The first-order chi connectivity index (χ1) is 8.38. The van der Waals surface area contributed by atoms with Crippen LogP contribution in [-0.2, 0) is 0 Å². The Morgan fingerprint density at radius 3 is 2.67 bits per heavy atom. The summed E-state index contributed by atoms with van der Waals surface area (Å²) in [5.74, 6) is -0.322. The highest BCUT2D eigenvalue weighted by molar-refractivity contribution is 5.98. The molecule has 0 bridgehead atoms. The fourth-order valence-electron chi connectivity index (χ4n) is 1.68. The zero-order valence-electron chi connectivity index (χ0n) is 10.6. The van der Waals surface area contributed by atoms with Crippen LogP contribution in [0.25, 0.3) is 0 Å². The van der Waals surface area contributed by atoms with Crippen LogP contribution in [0.3, 0.4) is 0 Å². The number of nitrogens with two attached hydrogens (primary N) is 1. The Kier molecular flexibility index (Phi) is 4.19. The molecule has 1 aromatic rings. The Balaban J connectivity index is 3.26. The zero-order chi connectivity index (χ0) is 13.9. The van der Waals surface area contributed by atoms with Gasteiger partial charge in [0.2, 0.25) is 0 Å². The van der Waals surface area contributed by atoms with E-state index < -0.39 is 10.8 Å². The van der Waals surface area contributed by atoms with E-state index in [0.29, 0.717) is 6.54 Å². The Morgan fingerprint density at radius 2 is 2.22 bits per heavy atom. The first-order valence-electron chi connectivity index (χ1n) is 5.59. The maximum atomic E-state index is 12.2. The predicted molar refractivity (Wildman–Crippen MR) is 67.2 cm³/mol. The maximum Gasteiger partial charge on any atom is 0.300 e. The number of hydrogen-bond acceptors (Lipinski definition) is 5. The summed E-state index contributed by atoms with van der Waals surface area (Å²) < 4.78 is 0. The number of aromatic nitrogens is 1. The van der Waals surface area contributed by atoms with Crippen molar-refractivity contribution in [1.29, 1.82) is 0 Å². The fourth-order valence-corrected chi connectivity index (χ4v) is 1.68. The molecule has 0 atom stereocenters. The van der Waals surface area contributed by atoms with Gasteiger partial charge in [0, 0.05) is 12.6 Å². The highest BCUT2D eigenvalue weighted by Crippen LogP contribution is 2.21. The van der Waals surface area contributed by atoms with Gasteiger partial charge in [0.05, 0.1) is 4.92 Å². The second-order valence-corrected chi connectivity index (χ2v) is 4.07. The van der Waals surface area contributed by atoms with Crippen molar-refractivity contribution in [2.45, 2.75) is 26.8 Å². The van der Waals surface area contributed by atoms with E-state index in [9.17, 15) is 14.9 Å². The van der Waals surface area contributed by atoms with Crippen LogP contribution in [0.4, 0.5) is 11.5 Å². The van der Waals surface area contributed by atoms with Gasteiger partial charge in [-0.05, 0) is 26.8 Å². The molecule has 7 heteroatoms. The molecule has 0 spiro atoms. The summed E-state index contributed by atoms with van der Waals surface area (Å²) in [5, 5.41) is 10.9. The van der Waals surface area contributed by atoms with Gasteiger partial charge in [0.1, 0.15) is 17.6 Å². The lowest BCUT2D eigenvalue weighted by atomic mass is 10.1. The number of hydrogen-bond donors (Lipinski definition) is 1. The summed E-state index contributed by atoms with van der Waals surface area (Å²) in [4.78, 5) is 27.6. The smallest absolute Gasteiger partial charge is 0.300 e. The van der Waals surface area contributed by atoms with E-state index in [1.165, 1.54) is 11.0 Å². The van der Waals surface area contributed by atoms with Gasteiger partial charge in [-0.1, -0.05) is 0 Å². The third-order valence-corrected chi connectivity index (χ3v) is 2.56. The van der Waals surface area contributed by atoms with E-state index in [1.807, 2.05) is 20.8 Å². The van der Waals surface area contributed by atoms with Crippen molar-refractivity contribution < 1.29 is 9.72 Å². The SMILES string of the molecule is CCN(C(=O)c1cc(N)ncc1[N+](=O)[O-])C(C)C. The number of carbonyl (C=O) groups excluding carboxylic acids is 1. The molecule has 1 amide bonds. The molecule has 0 fully saturated rings. The number of anilines is 1. The molecule has 1 aromatic heterocycles. The van der Waals surface area contributed by atoms with Gasteiger partial charge in [-0.25, -0.2) is 4.98 Å². The summed E-state index contributed by atoms with van der Waals surface area (Å²) in [5.41, 5.74) is 5.13. The third kappa shape index (κ3) is 2.73. The molecule has 18 heavy (non-hydrogen) atoms.